The van der Waals surface area contributed by atoms with Crippen molar-refractivity contribution < 1.29 is 13.9 Å². The van der Waals surface area contributed by atoms with E-state index >= 15 is 0 Å². The van der Waals surface area contributed by atoms with Crippen LogP contribution in [0.5, 0.6) is 11.5 Å². The maximum Gasteiger partial charge on any atom is 0.140 e. The van der Waals surface area contributed by atoms with Gasteiger partial charge in [-0.25, -0.2) is 4.39 Å². The predicted octanol–water partition coefficient (Wildman–Crippen LogP) is 3.60. The topological polar surface area (TPSA) is 18.5 Å². The zero-order chi connectivity index (χ0) is 12.5. The molecule has 3 rings (SSSR count). The van der Waals surface area contributed by atoms with E-state index in [9.17, 15) is 4.39 Å². The summed E-state index contributed by atoms with van der Waals surface area (Å²) in [6, 6.07) is 10.5. The molecule has 1 aliphatic heterocycles. The first-order chi connectivity index (χ1) is 8.79. The standard InChI is InChI=1S/C15H12FO2/c1-17-14-5-3-2-4-12(14)13-9-11(16)8-10-6-7-18-15(10)13/h2-5,7-9H,6H2,1H3. The van der Waals surface area contributed by atoms with Crippen molar-refractivity contribution in [3.63, 3.8) is 0 Å². The highest BCUT2D eigenvalue weighted by atomic mass is 19.1. The zero-order valence-electron chi connectivity index (χ0n) is 9.94. The van der Waals surface area contributed by atoms with Gasteiger partial charge >= 0.3 is 0 Å². The number of hydrogen-bond donors (Lipinski definition) is 0. The van der Waals surface area contributed by atoms with E-state index in [1.165, 1.54) is 12.1 Å². The fraction of sp³-hybridized carbons (Fsp3) is 0.133. The quantitative estimate of drug-likeness (QED) is 0.802. The number of hydrogen-bond acceptors (Lipinski definition) is 2. The van der Waals surface area contributed by atoms with E-state index in [2.05, 4.69) is 0 Å². The summed E-state index contributed by atoms with van der Waals surface area (Å²) in [6.45, 7) is 1.68. The molecular formula is C15H12FO2. The molecule has 0 unspecified atom stereocenters. The van der Waals surface area contributed by atoms with Gasteiger partial charge in [0.05, 0.1) is 7.11 Å². The second kappa shape index (κ2) is 4.33. The Morgan fingerprint density at radius 3 is 2.83 bits per heavy atom. The molecule has 1 radical (unpaired) electrons. The molecule has 0 saturated heterocycles. The number of fused-ring (bicyclic) bond motifs is 1. The summed E-state index contributed by atoms with van der Waals surface area (Å²) in [5.41, 5.74) is 2.44. The molecule has 0 saturated carbocycles. The van der Waals surface area contributed by atoms with Crippen molar-refractivity contribution in [2.45, 2.75) is 6.42 Å². The fourth-order valence-corrected chi connectivity index (χ4v) is 2.22. The first kappa shape index (κ1) is 11.1. The van der Waals surface area contributed by atoms with Crippen molar-refractivity contribution in [1.29, 1.82) is 0 Å². The Hall–Kier alpha value is -2.03. The third-order valence-electron chi connectivity index (χ3n) is 3.03. The Morgan fingerprint density at radius 2 is 2.00 bits per heavy atom. The molecule has 0 aliphatic carbocycles. The lowest BCUT2D eigenvalue weighted by Crippen LogP contribution is -1.91. The molecule has 0 amide bonds. The first-order valence-corrected chi connectivity index (χ1v) is 5.74. The normalized spacial score (nSPS) is 13.0. The number of benzene rings is 2. The zero-order valence-corrected chi connectivity index (χ0v) is 9.94. The molecule has 1 aliphatic rings. The van der Waals surface area contributed by atoms with E-state index in [1.54, 1.807) is 13.7 Å². The van der Waals surface area contributed by atoms with Gasteiger partial charge in [0.25, 0.3) is 0 Å². The van der Waals surface area contributed by atoms with Crippen molar-refractivity contribution in [3.8, 4) is 22.6 Å². The van der Waals surface area contributed by atoms with Gasteiger partial charge in [-0.3, -0.25) is 0 Å². The maximum atomic E-state index is 13.6. The van der Waals surface area contributed by atoms with Gasteiger partial charge in [-0.15, -0.1) is 0 Å². The summed E-state index contributed by atoms with van der Waals surface area (Å²) in [5.74, 6) is 1.18. The second-order valence-electron chi connectivity index (χ2n) is 4.13. The average Bonchev–Trinajstić information content (AvgIpc) is 2.85. The van der Waals surface area contributed by atoms with Crippen molar-refractivity contribution >= 4 is 0 Å². The second-order valence-corrected chi connectivity index (χ2v) is 4.13. The van der Waals surface area contributed by atoms with Gasteiger partial charge in [0.1, 0.15) is 23.9 Å². The largest absolute Gasteiger partial charge is 0.496 e. The molecule has 91 valence electrons. The predicted molar refractivity (Wildman–Crippen MR) is 67.0 cm³/mol. The number of methoxy groups -OCH3 is 1. The van der Waals surface area contributed by atoms with Gasteiger partial charge in [-0.1, -0.05) is 18.2 Å². The van der Waals surface area contributed by atoms with E-state index in [4.69, 9.17) is 9.47 Å². The van der Waals surface area contributed by atoms with Crippen LogP contribution in [0.4, 0.5) is 4.39 Å². The van der Waals surface area contributed by atoms with E-state index < -0.39 is 0 Å². The average molecular weight is 243 g/mol. The van der Waals surface area contributed by atoms with Crippen LogP contribution < -0.4 is 9.47 Å². The molecule has 0 fully saturated rings. The summed E-state index contributed by atoms with van der Waals surface area (Å²) in [7, 11) is 1.60. The van der Waals surface area contributed by atoms with Crippen LogP contribution in [-0.2, 0) is 6.42 Å². The molecule has 2 aromatic carbocycles. The lowest BCUT2D eigenvalue weighted by atomic mass is 10.00. The van der Waals surface area contributed by atoms with E-state index in [-0.39, 0.29) is 5.82 Å². The van der Waals surface area contributed by atoms with Gasteiger partial charge in [0.15, 0.2) is 0 Å². The molecule has 0 aromatic heterocycles. The minimum absolute atomic E-state index is 0.256. The minimum Gasteiger partial charge on any atom is -0.496 e. The molecule has 0 N–H and O–H groups in total. The SMILES string of the molecule is COc1ccccc1-c1cc(F)cc2c1O[CH]C2. The Morgan fingerprint density at radius 1 is 1.17 bits per heavy atom. The number of para-hydroxylation sites is 1. The maximum absolute atomic E-state index is 13.6. The monoisotopic (exact) mass is 243 g/mol. The van der Waals surface area contributed by atoms with E-state index in [0.717, 1.165) is 22.4 Å². The molecule has 2 nitrogen and oxygen atoms in total. The van der Waals surface area contributed by atoms with E-state index in [0.29, 0.717) is 12.2 Å². The number of halogens is 1. The Bertz CT molecular complexity index is 593. The molecular weight excluding hydrogens is 231 g/mol. The summed E-state index contributed by atoms with van der Waals surface area (Å²) in [4.78, 5) is 0. The Kier molecular flexibility index (Phi) is 2.67. The lowest BCUT2D eigenvalue weighted by Gasteiger charge is -2.12. The molecule has 2 aromatic rings. The van der Waals surface area contributed by atoms with Gasteiger partial charge in [0.2, 0.25) is 0 Å². The van der Waals surface area contributed by atoms with Gasteiger partial charge in [0, 0.05) is 23.1 Å². The number of rotatable bonds is 2. The van der Waals surface area contributed by atoms with Crippen LogP contribution >= 0.6 is 0 Å². The van der Waals surface area contributed by atoms with Gasteiger partial charge in [-0.2, -0.15) is 0 Å². The van der Waals surface area contributed by atoms with Crippen LogP contribution in [0.25, 0.3) is 11.1 Å². The lowest BCUT2D eigenvalue weighted by molar-refractivity contribution is 0.415. The first-order valence-electron chi connectivity index (χ1n) is 5.74. The fourth-order valence-electron chi connectivity index (χ4n) is 2.22. The van der Waals surface area contributed by atoms with E-state index in [1.807, 2.05) is 24.3 Å². The van der Waals surface area contributed by atoms with Crippen molar-refractivity contribution in [3.05, 3.63) is 54.4 Å². The molecule has 0 spiro atoms. The summed E-state index contributed by atoms with van der Waals surface area (Å²) >= 11 is 0. The summed E-state index contributed by atoms with van der Waals surface area (Å²) < 4.78 is 24.4. The number of ether oxygens (including phenoxy) is 2. The highest BCUT2D eigenvalue weighted by Gasteiger charge is 2.21. The van der Waals surface area contributed by atoms with Crippen molar-refractivity contribution in [2.75, 3.05) is 7.11 Å². The van der Waals surface area contributed by atoms with Crippen molar-refractivity contribution in [2.24, 2.45) is 0 Å². The third-order valence-corrected chi connectivity index (χ3v) is 3.03. The Labute approximate surface area is 105 Å². The smallest absolute Gasteiger partial charge is 0.140 e. The van der Waals surface area contributed by atoms with Crippen LogP contribution in [0.3, 0.4) is 0 Å². The molecule has 18 heavy (non-hydrogen) atoms. The van der Waals surface area contributed by atoms with Gasteiger partial charge < -0.3 is 9.47 Å². The molecule has 1 heterocycles. The van der Waals surface area contributed by atoms with Crippen LogP contribution in [0.1, 0.15) is 5.56 Å². The minimum atomic E-state index is -0.256. The van der Waals surface area contributed by atoms with Crippen LogP contribution in [-0.4, -0.2) is 7.11 Å². The van der Waals surface area contributed by atoms with Gasteiger partial charge in [-0.05, 0) is 18.2 Å². The van der Waals surface area contributed by atoms with Crippen LogP contribution in [0.15, 0.2) is 36.4 Å². The Balaban J connectivity index is 2.23. The van der Waals surface area contributed by atoms with Crippen LogP contribution in [0.2, 0.25) is 0 Å². The highest BCUT2D eigenvalue weighted by Crippen LogP contribution is 2.41. The molecule has 0 atom stereocenters. The molecule has 3 heteroatoms. The molecule has 0 bridgehead atoms. The summed E-state index contributed by atoms with van der Waals surface area (Å²) in [5, 5.41) is 0. The summed E-state index contributed by atoms with van der Waals surface area (Å²) in [6.07, 6.45) is 0.634. The van der Waals surface area contributed by atoms with Crippen molar-refractivity contribution in [1.82, 2.24) is 0 Å². The third kappa shape index (κ3) is 1.72. The van der Waals surface area contributed by atoms with Crippen LogP contribution in [0, 0.1) is 12.4 Å². The highest BCUT2D eigenvalue weighted by molar-refractivity contribution is 5.77.